The molecule has 0 aromatic carbocycles. The molecule has 1 atom stereocenters. The highest BCUT2D eigenvalue weighted by Crippen LogP contribution is 2.46. The van der Waals surface area contributed by atoms with Crippen LogP contribution in [0.1, 0.15) is 40.0 Å². The maximum absolute atomic E-state index is 12.7. The highest BCUT2D eigenvalue weighted by atomic mass is 16.5. The van der Waals surface area contributed by atoms with Crippen LogP contribution in [0.3, 0.4) is 0 Å². The molecule has 0 unspecified atom stereocenters. The number of rotatable bonds is 0. The van der Waals surface area contributed by atoms with E-state index in [0.717, 1.165) is 17.8 Å². The standard InChI is InChI=1S/C17H20O4/c1-11-13-9-16(2,3)8-6-14(18)20-10-12-5-4-7-17(12,21-13)15(11)19/h5-6,8H,4,7,9-10H2,1-3H3/b8-6-/t17-/m1/s1. The van der Waals surface area contributed by atoms with E-state index in [1.807, 2.05) is 32.9 Å². The molecule has 1 spiro atoms. The first-order valence-corrected chi connectivity index (χ1v) is 7.33. The third kappa shape index (κ3) is 2.23. The maximum atomic E-state index is 12.7. The number of Topliss-reactive ketones (excluding diaryl/α,β-unsaturated/α-hetero) is 1. The molecule has 0 saturated carbocycles. The molecule has 0 fully saturated rings. The minimum absolute atomic E-state index is 0.0256. The summed E-state index contributed by atoms with van der Waals surface area (Å²) in [7, 11) is 0. The molecular weight excluding hydrogens is 268 g/mol. The van der Waals surface area contributed by atoms with Crippen LogP contribution < -0.4 is 0 Å². The van der Waals surface area contributed by atoms with Crippen molar-refractivity contribution < 1.29 is 19.1 Å². The maximum Gasteiger partial charge on any atom is 0.330 e. The number of carbonyl (C=O) groups is 2. The SMILES string of the molecule is CC1=C2CC(C)(C)/C=C\C(=O)OCC3=CCC[C@]3(O2)C1=O. The molecule has 112 valence electrons. The molecule has 0 N–H and O–H groups in total. The average molecular weight is 288 g/mol. The highest BCUT2D eigenvalue weighted by molar-refractivity contribution is 6.06. The van der Waals surface area contributed by atoms with Crippen molar-refractivity contribution in [2.45, 2.75) is 45.6 Å². The zero-order valence-electron chi connectivity index (χ0n) is 12.7. The summed E-state index contributed by atoms with van der Waals surface area (Å²) >= 11 is 0. The van der Waals surface area contributed by atoms with Crippen LogP contribution in [0.2, 0.25) is 0 Å². The lowest BCUT2D eigenvalue weighted by Crippen LogP contribution is -2.38. The van der Waals surface area contributed by atoms with Gasteiger partial charge in [-0.25, -0.2) is 4.79 Å². The van der Waals surface area contributed by atoms with Crippen LogP contribution in [0.5, 0.6) is 0 Å². The van der Waals surface area contributed by atoms with Crippen LogP contribution in [0, 0.1) is 5.41 Å². The summed E-state index contributed by atoms with van der Waals surface area (Å²) in [4.78, 5) is 24.5. The molecule has 0 amide bonds. The Labute approximate surface area is 124 Å². The van der Waals surface area contributed by atoms with Crippen molar-refractivity contribution >= 4 is 11.8 Å². The zero-order chi connectivity index (χ0) is 15.3. The largest absolute Gasteiger partial charge is 0.478 e. The lowest BCUT2D eigenvalue weighted by atomic mass is 9.86. The molecule has 1 aliphatic carbocycles. The second-order valence-electron chi connectivity index (χ2n) is 6.68. The minimum atomic E-state index is -0.917. The Hall–Kier alpha value is -1.84. The predicted octanol–water partition coefficient (Wildman–Crippen LogP) is 2.85. The van der Waals surface area contributed by atoms with E-state index in [1.54, 1.807) is 0 Å². The van der Waals surface area contributed by atoms with E-state index >= 15 is 0 Å². The average Bonchev–Trinajstić information content (AvgIpc) is 2.92. The van der Waals surface area contributed by atoms with Gasteiger partial charge in [0, 0.05) is 30.1 Å². The number of allylic oxidation sites excluding steroid dienone is 3. The van der Waals surface area contributed by atoms with Gasteiger partial charge in [-0.3, -0.25) is 4.79 Å². The predicted molar refractivity (Wildman–Crippen MR) is 77.3 cm³/mol. The third-order valence-corrected chi connectivity index (χ3v) is 4.49. The molecule has 0 radical (unpaired) electrons. The number of esters is 1. The summed E-state index contributed by atoms with van der Waals surface area (Å²) in [5.74, 6) is 0.399. The molecule has 2 aliphatic heterocycles. The van der Waals surface area contributed by atoms with E-state index in [9.17, 15) is 9.59 Å². The zero-order valence-corrected chi connectivity index (χ0v) is 12.7. The first-order valence-electron chi connectivity index (χ1n) is 7.33. The lowest BCUT2D eigenvalue weighted by Gasteiger charge is -2.28. The van der Waals surface area contributed by atoms with E-state index in [2.05, 4.69) is 0 Å². The van der Waals surface area contributed by atoms with E-state index in [-0.39, 0.29) is 23.8 Å². The first kappa shape index (κ1) is 14.1. The van der Waals surface area contributed by atoms with Crippen molar-refractivity contribution in [3.63, 3.8) is 0 Å². The molecule has 3 aliphatic rings. The van der Waals surface area contributed by atoms with Gasteiger partial charge in [0.15, 0.2) is 5.60 Å². The number of carbonyl (C=O) groups excluding carboxylic acids is 2. The number of cyclic esters (lactones) is 1. The summed E-state index contributed by atoms with van der Waals surface area (Å²) < 4.78 is 11.4. The van der Waals surface area contributed by atoms with Crippen molar-refractivity contribution in [2.75, 3.05) is 6.61 Å². The topological polar surface area (TPSA) is 52.6 Å². The van der Waals surface area contributed by atoms with Crippen LogP contribution in [-0.4, -0.2) is 24.0 Å². The van der Waals surface area contributed by atoms with Gasteiger partial charge in [0.05, 0.1) is 0 Å². The van der Waals surface area contributed by atoms with Gasteiger partial charge in [0.1, 0.15) is 12.4 Å². The van der Waals surface area contributed by atoms with Crippen LogP contribution in [0.15, 0.2) is 35.1 Å². The van der Waals surface area contributed by atoms with Crippen molar-refractivity contribution in [3.8, 4) is 0 Å². The molecule has 2 heterocycles. The van der Waals surface area contributed by atoms with Gasteiger partial charge >= 0.3 is 5.97 Å². The second-order valence-corrected chi connectivity index (χ2v) is 6.68. The van der Waals surface area contributed by atoms with Gasteiger partial charge in [0.25, 0.3) is 0 Å². The Balaban J connectivity index is 2.05. The minimum Gasteiger partial charge on any atom is -0.478 e. The summed E-state index contributed by atoms with van der Waals surface area (Å²) in [5.41, 5.74) is 0.299. The number of ether oxygens (including phenoxy) is 2. The molecule has 0 saturated heterocycles. The van der Waals surface area contributed by atoms with E-state index in [4.69, 9.17) is 9.47 Å². The molecule has 4 heteroatoms. The van der Waals surface area contributed by atoms with Gasteiger partial charge in [-0.2, -0.15) is 0 Å². The molecule has 21 heavy (non-hydrogen) atoms. The summed E-state index contributed by atoms with van der Waals surface area (Å²) in [6.45, 7) is 5.98. The van der Waals surface area contributed by atoms with Crippen molar-refractivity contribution in [1.29, 1.82) is 0 Å². The van der Waals surface area contributed by atoms with E-state index in [0.29, 0.717) is 18.4 Å². The molecule has 0 aromatic heterocycles. The molecule has 0 aromatic rings. The fraction of sp³-hybridized carbons (Fsp3) is 0.529. The van der Waals surface area contributed by atoms with Crippen LogP contribution >= 0.6 is 0 Å². The number of hydrogen-bond donors (Lipinski definition) is 0. The van der Waals surface area contributed by atoms with Gasteiger partial charge in [-0.15, -0.1) is 0 Å². The lowest BCUT2D eigenvalue weighted by molar-refractivity contribution is -0.138. The molecule has 2 bridgehead atoms. The Morgan fingerprint density at radius 2 is 2.00 bits per heavy atom. The van der Waals surface area contributed by atoms with Crippen LogP contribution in [0.25, 0.3) is 0 Å². The van der Waals surface area contributed by atoms with Crippen LogP contribution in [0.4, 0.5) is 0 Å². The van der Waals surface area contributed by atoms with E-state index < -0.39 is 5.60 Å². The van der Waals surface area contributed by atoms with Crippen LogP contribution in [-0.2, 0) is 19.1 Å². The van der Waals surface area contributed by atoms with Crippen molar-refractivity contribution in [2.24, 2.45) is 5.41 Å². The summed E-state index contributed by atoms with van der Waals surface area (Å²) in [5, 5.41) is 0. The second kappa shape index (κ2) is 4.58. The Kier molecular flexibility index (Phi) is 3.08. The molecule has 3 rings (SSSR count). The first-order chi connectivity index (χ1) is 9.84. The molecule has 4 nitrogen and oxygen atoms in total. The molecular formula is C17H20O4. The normalized spacial score (nSPS) is 32.8. The van der Waals surface area contributed by atoms with Gasteiger partial charge in [-0.1, -0.05) is 26.0 Å². The van der Waals surface area contributed by atoms with Gasteiger partial charge in [0.2, 0.25) is 5.78 Å². The number of ketones is 1. The smallest absolute Gasteiger partial charge is 0.330 e. The Morgan fingerprint density at radius 1 is 1.24 bits per heavy atom. The summed E-state index contributed by atoms with van der Waals surface area (Å²) in [6, 6.07) is 0. The van der Waals surface area contributed by atoms with Gasteiger partial charge < -0.3 is 9.47 Å². The van der Waals surface area contributed by atoms with E-state index in [1.165, 1.54) is 6.08 Å². The third-order valence-electron chi connectivity index (χ3n) is 4.49. The fourth-order valence-corrected chi connectivity index (χ4v) is 3.22. The monoisotopic (exact) mass is 288 g/mol. The highest BCUT2D eigenvalue weighted by Gasteiger charge is 2.52. The fourth-order valence-electron chi connectivity index (χ4n) is 3.22. The van der Waals surface area contributed by atoms with Gasteiger partial charge in [-0.05, 0) is 18.8 Å². The summed E-state index contributed by atoms with van der Waals surface area (Å²) in [6.07, 6.45) is 7.27. The van der Waals surface area contributed by atoms with Crippen molar-refractivity contribution in [1.82, 2.24) is 0 Å². The van der Waals surface area contributed by atoms with Crippen molar-refractivity contribution in [3.05, 3.63) is 35.1 Å². The number of hydrogen-bond acceptors (Lipinski definition) is 4. The quantitative estimate of drug-likeness (QED) is 0.508. The number of fused-ring (bicyclic) bond motifs is 1. The Bertz CT molecular complexity index is 606. The Morgan fingerprint density at radius 3 is 2.76 bits per heavy atom.